The highest BCUT2D eigenvalue weighted by Crippen LogP contribution is 2.23. The van der Waals surface area contributed by atoms with Crippen LogP contribution in [0.5, 0.6) is 0 Å². The molecule has 0 aliphatic carbocycles. The summed E-state index contributed by atoms with van der Waals surface area (Å²) in [6.07, 6.45) is -0.780. The number of hydrogen-bond acceptors (Lipinski definition) is 4. The SMILES string of the molecule is Cc1nc(NC(=O)NCC(O)c2ccc(C(C)(C)C)cc2)oc1C. The van der Waals surface area contributed by atoms with Crippen molar-refractivity contribution < 1.29 is 14.3 Å². The van der Waals surface area contributed by atoms with Crippen molar-refractivity contribution >= 4 is 12.0 Å². The molecule has 0 fully saturated rings. The predicted molar refractivity (Wildman–Crippen MR) is 93.1 cm³/mol. The van der Waals surface area contributed by atoms with E-state index in [0.717, 1.165) is 11.3 Å². The number of urea groups is 1. The van der Waals surface area contributed by atoms with Gasteiger partial charge in [0.1, 0.15) is 5.76 Å². The zero-order valence-corrected chi connectivity index (χ0v) is 14.8. The third kappa shape index (κ3) is 4.58. The van der Waals surface area contributed by atoms with E-state index in [-0.39, 0.29) is 18.0 Å². The van der Waals surface area contributed by atoms with Crippen LogP contribution in [0.25, 0.3) is 0 Å². The Labute approximate surface area is 142 Å². The minimum Gasteiger partial charge on any atom is -0.428 e. The van der Waals surface area contributed by atoms with E-state index in [1.165, 1.54) is 5.56 Å². The molecular weight excluding hydrogens is 306 g/mol. The van der Waals surface area contributed by atoms with Crippen LogP contribution in [0, 0.1) is 13.8 Å². The Balaban J connectivity index is 1.88. The molecule has 6 nitrogen and oxygen atoms in total. The highest BCUT2D eigenvalue weighted by Gasteiger charge is 2.15. The standard InChI is InChI=1S/C18H25N3O3/c1-11-12(2)24-17(20-11)21-16(23)19-10-15(22)13-6-8-14(9-7-13)18(3,4)5/h6-9,15,22H,10H2,1-5H3,(H2,19,20,21,23). The number of carbonyl (C=O) groups is 1. The molecule has 0 aliphatic heterocycles. The molecule has 0 radical (unpaired) electrons. The summed E-state index contributed by atoms with van der Waals surface area (Å²) < 4.78 is 5.28. The molecule has 1 unspecified atom stereocenters. The smallest absolute Gasteiger partial charge is 0.322 e. The molecular formula is C18H25N3O3. The molecule has 24 heavy (non-hydrogen) atoms. The summed E-state index contributed by atoms with van der Waals surface area (Å²) in [6.45, 7) is 10.1. The number of anilines is 1. The van der Waals surface area contributed by atoms with Gasteiger partial charge in [-0.05, 0) is 30.4 Å². The average Bonchev–Trinajstić information content (AvgIpc) is 2.82. The largest absolute Gasteiger partial charge is 0.428 e. The molecule has 1 aromatic carbocycles. The summed E-state index contributed by atoms with van der Waals surface area (Å²) in [4.78, 5) is 15.9. The molecule has 0 saturated heterocycles. The zero-order valence-electron chi connectivity index (χ0n) is 14.8. The van der Waals surface area contributed by atoms with E-state index >= 15 is 0 Å². The lowest BCUT2D eigenvalue weighted by atomic mass is 9.86. The number of hydrogen-bond donors (Lipinski definition) is 3. The van der Waals surface area contributed by atoms with Crippen molar-refractivity contribution in [2.24, 2.45) is 0 Å². The third-order valence-corrected chi connectivity index (χ3v) is 3.87. The molecule has 130 valence electrons. The van der Waals surface area contributed by atoms with Crippen molar-refractivity contribution in [2.45, 2.75) is 46.1 Å². The monoisotopic (exact) mass is 331 g/mol. The molecule has 6 heteroatoms. The molecule has 1 atom stereocenters. The first-order chi connectivity index (χ1) is 11.2. The molecule has 0 saturated carbocycles. The van der Waals surface area contributed by atoms with Crippen LogP contribution in [0.15, 0.2) is 28.7 Å². The van der Waals surface area contributed by atoms with Gasteiger partial charge in [-0.3, -0.25) is 5.32 Å². The van der Waals surface area contributed by atoms with E-state index in [1.807, 2.05) is 24.3 Å². The van der Waals surface area contributed by atoms with Gasteiger partial charge in [-0.25, -0.2) is 4.79 Å². The number of oxazole rings is 1. The van der Waals surface area contributed by atoms with Crippen molar-refractivity contribution in [1.82, 2.24) is 10.3 Å². The van der Waals surface area contributed by atoms with Crippen molar-refractivity contribution in [2.75, 3.05) is 11.9 Å². The first-order valence-corrected chi connectivity index (χ1v) is 7.94. The maximum atomic E-state index is 11.8. The summed E-state index contributed by atoms with van der Waals surface area (Å²) in [5, 5.41) is 15.3. The maximum absolute atomic E-state index is 11.8. The lowest BCUT2D eigenvalue weighted by molar-refractivity contribution is 0.175. The summed E-state index contributed by atoms with van der Waals surface area (Å²) >= 11 is 0. The average molecular weight is 331 g/mol. The second-order valence-corrected chi connectivity index (χ2v) is 6.88. The number of carbonyl (C=O) groups excluding carboxylic acids is 1. The van der Waals surface area contributed by atoms with Crippen LogP contribution >= 0.6 is 0 Å². The van der Waals surface area contributed by atoms with E-state index in [4.69, 9.17) is 4.42 Å². The molecule has 2 aromatic rings. The number of aliphatic hydroxyl groups is 1. The van der Waals surface area contributed by atoms with Crippen molar-refractivity contribution in [1.29, 1.82) is 0 Å². The van der Waals surface area contributed by atoms with Crippen molar-refractivity contribution in [3.05, 3.63) is 46.8 Å². The lowest BCUT2D eigenvalue weighted by Gasteiger charge is -2.20. The topological polar surface area (TPSA) is 87.4 Å². The molecule has 1 heterocycles. The highest BCUT2D eigenvalue weighted by molar-refractivity contribution is 5.86. The number of rotatable bonds is 4. The Hall–Kier alpha value is -2.34. The minimum absolute atomic E-state index is 0.0634. The third-order valence-electron chi connectivity index (χ3n) is 3.87. The summed E-state index contributed by atoms with van der Waals surface area (Å²) in [7, 11) is 0. The fraction of sp³-hybridized carbons (Fsp3) is 0.444. The number of aryl methyl sites for hydroxylation is 2. The quantitative estimate of drug-likeness (QED) is 0.801. The normalized spacial score (nSPS) is 12.8. The van der Waals surface area contributed by atoms with Gasteiger partial charge in [0.2, 0.25) is 0 Å². The predicted octanol–water partition coefficient (Wildman–Crippen LogP) is 3.44. The molecule has 2 amide bonds. The summed E-state index contributed by atoms with van der Waals surface area (Å²) in [6, 6.07) is 7.43. The number of aliphatic hydroxyl groups excluding tert-OH is 1. The van der Waals surface area contributed by atoms with Gasteiger partial charge >= 0.3 is 12.0 Å². The molecule has 1 aromatic heterocycles. The number of amides is 2. The van der Waals surface area contributed by atoms with E-state index in [2.05, 4.69) is 36.4 Å². The van der Waals surface area contributed by atoms with Gasteiger partial charge in [0, 0.05) is 6.54 Å². The molecule has 2 rings (SSSR count). The Morgan fingerprint density at radius 1 is 1.25 bits per heavy atom. The van der Waals surface area contributed by atoms with E-state index in [0.29, 0.717) is 5.76 Å². The second-order valence-electron chi connectivity index (χ2n) is 6.88. The van der Waals surface area contributed by atoms with Gasteiger partial charge in [-0.1, -0.05) is 45.0 Å². The van der Waals surface area contributed by atoms with E-state index in [1.54, 1.807) is 13.8 Å². The Morgan fingerprint density at radius 2 is 1.88 bits per heavy atom. The Morgan fingerprint density at radius 3 is 2.38 bits per heavy atom. The maximum Gasteiger partial charge on any atom is 0.322 e. The molecule has 0 aliphatic rings. The van der Waals surface area contributed by atoms with Crippen LogP contribution in [0.4, 0.5) is 10.8 Å². The Kier molecular flexibility index (Phi) is 5.29. The number of nitrogens with one attached hydrogen (secondary N) is 2. The van der Waals surface area contributed by atoms with E-state index < -0.39 is 12.1 Å². The van der Waals surface area contributed by atoms with Crippen molar-refractivity contribution in [3.8, 4) is 0 Å². The fourth-order valence-corrected chi connectivity index (χ4v) is 2.18. The van der Waals surface area contributed by atoms with Crippen LogP contribution in [0.2, 0.25) is 0 Å². The van der Waals surface area contributed by atoms with Crippen molar-refractivity contribution in [3.63, 3.8) is 0 Å². The fourth-order valence-electron chi connectivity index (χ4n) is 2.18. The van der Waals surface area contributed by atoms with Crippen LogP contribution < -0.4 is 10.6 Å². The zero-order chi connectivity index (χ0) is 17.9. The first kappa shape index (κ1) is 18.0. The van der Waals surface area contributed by atoms with E-state index in [9.17, 15) is 9.90 Å². The highest BCUT2D eigenvalue weighted by atomic mass is 16.4. The summed E-state index contributed by atoms with van der Waals surface area (Å²) in [5.74, 6) is 0.657. The van der Waals surface area contributed by atoms with Gasteiger partial charge in [-0.2, -0.15) is 4.98 Å². The first-order valence-electron chi connectivity index (χ1n) is 7.94. The van der Waals surface area contributed by atoms with Gasteiger partial charge < -0.3 is 14.8 Å². The number of aromatic nitrogens is 1. The van der Waals surface area contributed by atoms with Gasteiger partial charge in [-0.15, -0.1) is 0 Å². The minimum atomic E-state index is -0.780. The lowest BCUT2D eigenvalue weighted by Crippen LogP contribution is -2.32. The van der Waals surface area contributed by atoms with Gasteiger partial charge in [0.15, 0.2) is 0 Å². The summed E-state index contributed by atoms with van der Waals surface area (Å²) in [5.41, 5.74) is 2.74. The number of benzene rings is 1. The Bertz CT molecular complexity index is 680. The molecule has 0 bridgehead atoms. The van der Waals surface area contributed by atoms with Crippen LogP contribution in [0.3, 0.4) is 0 Å². The van der Waals surface area contributed by atoms with Gasteiger partial charge in [0.25, 0.3) is 0 Å². The second kappa shape index (κ2) is 7.05. The van der Waals surface area contributed by atoms with Crippen LogP contribution in [0.1, 0.15) is 49.5 Å². The molecule has 3 N–H and O–H groups in total. The van der Waals surface area contributed by atoms with Gasteiger partial charge in [0.05, 0.1) is 11.8 Å². The number of nitrogens with zero attached hydrogens (tertiary/aromatic N) is 1. The van der Waals surface area contributed by atoms with Crippen LogP contribution in [-0.2, 0) is 5.41 Å². The van der Waals surface area contributed by atoms with Crippen LogP contribution in [-0.4, -0.2) is 22.7 Å². The molecule has 0 spiro atoms.